The number of anilines is 2. The van der Waals surface area contributed by atoms with Crippen LogP contribution in [0.3, 0.4) is 0 Å². The Balaban J connectivity index is 1.64. The van der Waals surface area contributed by atoms with E-state index in [-0.39, 0.29) is 11.8 Å². The minimum Gasteiger partial charge on any atom is -0.371 e. The molecule has 4 nitrogen and oxygen atoms in total. The van der Waals surface area contributed by atoms with Gasteiger partial charge in [-0.05, 0) is 57.0 Å². The number of rotatable bonds is 3. The number of nitrogens with one attached hydrogen (secondary N) is 2. The van der Waals surface area contributed by atoms with Gasteiger partial charge >= 0.3 is 0 Å². The van der Waals surface area contributed by atoms with Crippen molar-refractivity contribution in [1.82, 2.24) is 5.32 Å². The second-order valence-corrected chi connectivity index (χ2v) is 6.47. The summed E-state index contributed by atoms with van der Waals surface area (Å²) in [6.45, 7) is 4.16. The van der Waals surface area contributed by atoms with Gasteiger partial charge in [-0.25, -0.2) is 0 Å². The number of amides is 1. The monoisotopic (exact) mass is 301 g/mol. The average Bonchev–Trinajstić information content (AvgIpc) is 2.85. The molecule has 2 aliphatic heterocycles. The highest BCUT2D eigenvalue weighted by Gasteiger charge is 2.21. The molecule has 2 fully saturated rings. The van der Waals surface area contributed by atoms with Gasteiger partial charge in [-0.2, -0.15) is 0 Å². The summed E-state index contributed by atoms with van der Waals surface area (Å²) in [5.74, 6) is 0.331. The third-order valence-electron chi connectivity index (χ3n) is 4.79. The van der Waals surface area contributed by atoms with Gasteiger partial charge in [0.1, 0.15) is 0 Å². The zero-order valence-electron chi connectivity index (χ0n) is 13.3. The second-order valence-electron chi connectivity index (χ2n) is 6.47. The molecule has 3 rings (SSSR count). The molecule has 0 aliphatic carbocycles. The van der Waals surface area contributed by atoms with E-state index in [2.05, 4.69) is 33.7 Å². The van der Waals surface area contributed by atoms with Gasteiger partial charge in [0, 0.05) is 30.4 Å². The van der Waals surface area contributed by atoms with E-state index in [1.165, 1.54) is 31.4 Å². The fourth-order valence-corrected chi connectivity index (χ4v) is 3.44. The lowest BCUT2D eigenvalue weighted by molar-refractivity contribution is -0.120. The summed E-state index contributed by atoms with van der Waals surface area (Å²) in [7, 11) is 0. The van der Waals surface area contributed by atoms with E-state index in [0.717, 1.165) is 44.7 Å². The van der Waals surface area contributed by atoms with Crippen LogP contribution in [0.5, 0.6) is 0 Å². The molecule has 0 unspecified atom stereocenters. The van der Waals surface area contributed by atoms with Gasteiger partial charge in [-0.3, -0.25) is 4.79 Å². The molecule has 1 aromatic carbocycles. The van der Waals surface area contributed by atoms with Crippen LogP contribution < -0.4 is 15.5 Å². The number of hydrogen-bond donors (Lipinski definition) is 2. The predicted octanol–water partition coefficient (Wildman–Crippen LogP) is 3.01. The van der Waals surface area contributed by atoms with E-state index in [1.807, 2.05) is 6.07 Å². The van der Waals surface area contributed by atoms with Gasteiger partial charge in [0.05, 0.1) is 0 Å². The summed E-state index contributed by atoms with van der Waals surface area (Å²) in [6.07, 6.45) is 7.10. The Kier molecular flexibility index (Phi) is 5.33. The molecule has 0 radical (unpaired) electrons. The summed E-state index contributed by atoms with van der Waals surface area (Å²) in [4.78, 5) is 14.8. The lowest BCUT2D eigenvalue weighted by Crippen LogP contribution is -2.34. The molecule has 2 N–H and O–H groups in total. The molecule has 0 saturated carbocycles. The standard InChI is InChI=1S/C18H27N3O/c22-18(15-8-10-19-11-9-15)20-16-6-5-7-17(14-16)21-12-3-1-2-4-13-21/h5-7,14-15,19H,1-4,8-13H2,(H,20,22). The Morgan fingerprint density at radius 2 is 1.82 bits per heavy atom. The Morgan fingerprint density at radius 3 is 2.55 bits per heavy atom. The maximum atomic E-state index is 12.4. The molecule has 2 saturated heterocycles. The normalized spacial score (nSPS) is 20.5. The van der Waals surface area contributed by atoms with Crippen molar-refractivity contribution in [3.05, 3.63) is 24.3 Å². The zero-order valence-corrected chi connectivity index (χ0v) is 13.3. The van der Waals surface area contributed by atoms with E-state index in [1.54, 1.807) is 0 Å². The molecule has 0 aromatic heterocycles. The van der Waals surface area contributed by atoms with Crippen molar-refractivity contribution >= 4 is 17.3 Å². The van der Waals surface area contributed by atoms with Crippen molar-refractivity contribution < 1.29 is 4.79 Å². The molecule has 0 spiro atoms. The molecular weight excluding hydrogens is 274 g/mol. The van der Waals surface area contributed by atoms with Crippen molar-refractivity contribution in [2.24, 2.45) is 5.92 Å². The number of nitrogens with zero attached hydrogens (tertiary/aromatic N) is 1. The number of hydrogen-bond acceptors (Lipinski definition) is 3. The Hall–Kier alpha value is -1.55. The minimum absolute atomic E-state index is 0.156. The van der Waals surface area contributed by atoms with Gasteiger partial charge in [0.15, 0.2) is 0 Å². The molecule has 1 amide bonds. The number of carbonyl (C=O) groups excluding carboxylic acids is 1. The second kappa shape index (κ2) is 7.63. The molecular formula is C18H27N3O. The van der Waals surface area contributed by atoms with Gasteiger partial charge in [0.25, 0.3) is 0 Å². The fourth-order valence-electron chi connectivity index (χ4n) is 3.44. The molecule has 1 aromatic rings. The van der Waals surface area contributed by atoms with E-state index in [9.17, 15) is 4.79 Å². The smallest absolute Gasteiger partial charge is 0.227 e. The van der Waals surface area contributed by atoms with Crippen molar-refractivity contribution in [2.45, 2.75) is 38.5 Å². The highest BCUT2D eigenvalue weighted by Crippen LogP contribution is 2.23. The minimum atomic E-state index is 0.156. The third kappa shape index (κ3) is 4.01. The first-order valence-corrected chi connectivity index (χ1v) is 8.69. The molecule has 4 heteroatoms. The first-order valence-electron chi connectivity index (χ1n) is 8.69. The first kappa shape index (κ1) is 15.3. The maximum absolute atomic E-state index is 12.4. The van der Waals surface area contributed by atoms with Crippen LogP contribution in [0.1, 0.15) is 38.5 Å². The van der Waals surface area contributed by atoms with Crippen LogP contribution in [0.2, 0.25) is 0 Å². The molecule has 0 atom stereocenters. The largest absolute Gasteiger partial charge is 0.371 e. The average molecular weight is 301 g/mol. The van der Waals surface area contributed by atoms with Crippen LogP contribution >= 0.6 is 0 Å². The quantitative estimate of drug-likeness (QED) is 0.902. The first-order chi connectivity index (χ1) is 10.8. The van der Waals surface area contributed by atoms with Crippen molar-refractivity contribution in [1.29, 1.82) is 0 Å². The van der Waals surface area contributed by atoms with Crippen LogP contribution in [-0.2, 0) is 4.79 Å². The van der Waals surface area contributed by atoms with Gasteiger partial charge in [-0.15, -0.1) is 0 Å². The van der Waals surface area contributed by atoms with Crippen molar-refractivity contribution in [2.75, 3.05) is 36.4 Å². The SMILES string of the molecule is O=C(Nc1cccc(N2CCCCCC2)c1)C1CCNCC1. The van der Waals surface area contributed by atoms with Crippen molar-refractivity contribution in [3.63, 3.8) is 0 Å². The molecule has 120 valence electrons. The molecule has 22 heavy (non-hydrogen) atoms. The Morgan fingerprint density at radius 1 is 1.09 bits per heavy atom. The van der Waals surface area contributed by atoms with E-state index >= 15 is 0 Å². The fraction of sp³-hybridized carbons (Fsp3) is 0.611. The van der Waals surface area contributed by atoms with Crippen LogP contribution in [0, 0.1) is 5.92 Å². The summed E-state index contributed by atoms with van der Waals surface area (Å²) in [5.41, 5.74) is 2.18. The van der Waals surface area contributed by atoms with Crippen LogP contribution in [0.15, 0.2) is 24.3 Å². The number of benzene rings is 1. The highest BCUT2D eigenvalue weighted by atomic mass is 16.1. The summed E-state index contributed by atoms with van der Waals surface area (Å²) >= 11 is 0. The summed E-state index contributed by atoms with van der Waals surface area (Å²) < 4.78 is 0. The van der Waals surface area contributed by atoms with Gasteiger partial charge in [-0.1, -0.05) is 18.9 Å². The van der Waals surface area contributed by atoms with Gasteiger partial charge < -0.3 is 15.5 Å². The molecule has 2 heterocycles. The Labute approximate surface area is 133 Å². The zero-order chi connectivity index (χ0) is 15.2. The predicted molar refractivity (Wildman–Crippen MR) is 91.3 cm³/mol. The van der Waals surface area contributed by atoms with Crippen LogP contribution in [0.4, 0.5) is 11.4 Å². The Bertz CT molecular complexity index is 489. The van der Waals surface area contributed by atoms with Crippen LogP contribution in [-0.4, -0.2) is 32.1 Å². The molecule has 2 aliphatic rings. The lowest BCUT2D eigenvalue weighted by atomic mass is 9.97. The number of carbonyl (C=O) groups is 1. The summed E-state index contributed by atoms with van der Waals surface area (Å²) in [5, 5.41) is 6.42. The van der Waals surface area contributed by atoms with Gasteiger partial charge in [0.2, 0.25) is 5.91 Å². The molecule has 0 bridgehead atoms. The highest BCUT2D eigenvalue weighted by molar-refractivity contribution is 5.93. The van der Waals surface area contributed by atoms with Crippen molar-refractivity contribution in [3.8, 4) is 0 Å². The summed E-state index contributed by atoms with van der Waals surface area (Å²) in [6, 6.07) is 8.34. The third-order valence-corrected chi connectivity index (χ3v) is 4.79. The van der Waals surface area contributed by atoms with E-state index in [0.29, 0.717) is 0 Å². The van der Waals surface area contributed by atoms with E-state index in [4.69, 9.17) is 0 Å². The topological polar surface area (TPSA) is 44.4 Å². The van der Waals surface area contributed by atoms with Crippen LogP contribution in [0.25, 0.3) is 0 Å². The maximum Gasteiger partial charge on any atom is 0.227 e. The number of piperidine rings is 1. The van der Waals surface area contributed by atoms with E-state index < -0.39 is 0 Å². The lowest BCUT2D eigenvalue weighted by Gasteiger charge is -2.24.